The van der Waals surface area contributed by atoms with E-state index in [1.807, 2.05) is 6.07 Å². The topological polar surface area (TPSA) is 41.1 Å². The Balaban J connectivity index is 1.97. The number of benzene rings is 2. The Labute approximate surface area is 137 Å². The molecular weight excluding hydrogens is 410 g/mol. The number of rotatable bonds is 4. The second kappa shape index (κ2) is 7.00. The molecule has 2 aromatic carbocycles. The Hall–Kier alpha value is -1.47. The largest absolute Gasteiger partial charge is 0.374 e. The number of carbonyl (C=O) groups excluding carboxylic acids is 1. The molecule has 0 spiro atoms. The van der Waals surface area contributed by atoms with Crippen LogP contribution in [0.25, 0.3) is 0 Å². The first-order valence-electron chi connectivity index (χ1n) is 5.89. The molecule has 0 radical (unpaired) electrons. The zero-order valence-corrected chi connectivity index (χ0v) is 13.8. The normalized spacial score (nSPS) is 10.3. The van der Waals surface area contributed by atoms with Gasteiger partial charge in [-0.2, -0.15) is 0 Å². The van der Waals surface area contributed by atoms with Crippen molar-refractivity contribution in [1.82, 2.24) is 0 Å². The van der Waals surface area contributed by atoms with Crippen LogP contribution in [-0.4, -0.2) is 12.5 Å². The third-order valence-electron chi connectivity index (χ3n) is 2.56. The molecule has 1 amide bonds. The van der Waals surface area contributed by atoms with Crippen molar-refractivity contribution in [3.05, 3.63) is 57.0 Å². The summed E-state index contributed by atoms with van der Waals surface area (Å²) in [6.45, 7) is -0.176. The Morgan fingerprint density at radius 2 is 1.86 bits per heavy atom. The molecule has 0 saturated heterocycles. The number of nitrogens with one attached hydrogen (secondary N) is 2. The predicted molar refractivity (Wildman–Crippen MR) is 85.3 cm³/mol. The molecule has 110 valence electrons. The van der Waals surface area contributed by atoms with Crippen molar-refractivity contribution in [2.24, 2.45) is 0 Å². The van der Waals surface area contributed by atoms with Crippen LogP contribution in [0.4, 0.5) is 20.2 Å². The van der Waals surface area contributed by atoms with Crippen molar-refractivity contribution in [3.63, 3.8) is 0 Å². The van der Waals surface area contributed by atoms with Crippen LogP contribution >= 0.6 is 31.9 Å². The van der Waals surface area contributed by atoms with E-state index in [4.69, 9.17) is 0 Å². The second-order valence-corrected chi connectivity index (χ2v) is 5.93. The summed E-state index contributed by atoms with van der Waals surface area (Å²) in [5.74, 6) is -1.61. The molecule has 0 fully saturated rings. The minimum absolute atomic E-state index is 0.0316. The molecule has 0 aliphatic heterocycles. The fourth-order valence-electron chi connectivity index (χ4n) is 1.60. The smallest absolute Gasteiger partial charge is 0.243 e. The predicted octanol–water partition coefficient (Wildman–Crippen LogP) is 4.54. The maximum Gasteiger partial charge on any atom is 0.243 e. The Morgan fingerprint density at radius 1 is 1.10 bits per heavy atom. The molecule has 0 atom stereocenters. The number of carbonyl (C=O) groups is 1. The number of halogens is 4. The SMILES string of the molecule is O=C(CNc1cc(F)c(Br)cc1F)Nc1cccc(Br)c1. The van der Waals surface area contributed by atoms with Crippen LogP contribution in [0.5, 0.6) is 0 Å². The molecule has 0 heterocycles. The zero-order valence-electron chi connectivity index (χ0n) is 10.6. The van der Waals surface area contributed by atoms with Gasteiger partial charge in [-0.1, -0.05) is 22.0 Å². The van der Waals surface area contributed by atoms with Gasteiger partial charge in [0, 0.05) is 16.2 Å². The van der Waals surface area contributed by atoms with E-state index in [0.29, 0.717) is 5.69 Å². The molecule has 7 heteroatoms. The molecule has 0 bridgehead atoms. The van der Waals surface area contributed by atoms with Gasteiger partial charge in [0.05, 0.1) is 16.7 Å². The van der Waals surface area contributed by atoms with Crippen LogP contribution in [0.2, 0.25) is 0 Å². The number of hydrogen-bond donors (Lipinski definition) is 2. The van der Waals surface area contributed by atoms with E-state index in [9.17, 15) is 13.6 Å². The highest BCUT2D eigenvalue weighted by Gasteiger charge is 2.09. The first-order chi connectivity index (χ1) is 9.95. The fraction of sp³-hybridized carbons (Fsp3) is 0.0714. The van der Waals surface area contributed by atoms with E-state index in [0.717, 1.165) is 16.6 Å². The van der Waals surface area contributed by atoms with E-state index in [-0.39, 0.29) is 22.6 Å². The lowest BCUT2D eigenvalue weighted by Gasteiger charge is -2.09. The highest BCUT2D eigenvalue weighted by molar-refractivity contribution is 9.10. The van der Waals surface area contributed by atoms with E-state index in [1.54, 1.807) is 18.2 Å². The number of anilines is 2. The summed E-state index contributed by atoms with van der Waals surface area (Å²) in [7, 11) is 0. The summed E-state index contributed by atoms with van der Waals surface area (Å²) in [4.78, 5) is 11.7. The standard InChI is InChI=1S/C14H10Br2F2N2O/c15-8-2-1-3-9(4-8)20-14(21)7-19-13-6-11(17)10(16)5-12(13)18/h1-6,19H,7H2,(H,20,21). The quantitative estimate of drug-likeness (QED) is 0.714. The van der Waals surface area contributed by atoms with Gasteiger partial charge in [-0.05, 0) is 40.2 Å². The molecule has 0 unspecified atom stereocenters. The van der Waals surface area contributed by atoms with Crippen molar-refractivity contribution in [3.8, 4) is 0 Å². The van der Waals surface area contributed by atoms with Crippen LogP contribution in [0.15, 0.2) is 45.3 Å². The fourth-order valence-corrected chi connectivity index (χ4v) is 2.32. The van der Waals surface area contributed by atoms with Gasteiger partial charge < -0.3 is 10.6 Å². The first-order valence-corrected chi connectivity index (χ1v) is 7.48. The zero-order chi connectivity index (χ0) is 15.4. The van der Waals surface area contributed by atoms with Crippen molar-refractivity contribution >= 4 is 49.1 Å². The molecule has 2 rings (SSSR count). The third kappa shape index (κ3) is 4.50. The van der Waals surface area contributed by atoms with Crippen LogP contribution < -0.4 is 10.6 Å². The summed E-state index contributed by atoms with van der Waals surface area (Å²) in [5.41, 5.74) is 0.540. The van der Waals surface area contributed by atoms with Crippen LogP contribution in [0.1, 0.15) is 0 Å². The van der Waals surface area contributed by atoms with Crippen molar-refractivity contribution in [2.45, 2.75) is 0 Å². The van der Waals surface area contributed by atoms with Gasteiger partial charge in [0.2, 0.25) is 5.91 Å². The van der Waals surface area contributed by atoms with Gasteiger partial charge in [0.1, 0.15) is 11.6 Å². The lowest BCUT2D eigenvalue weighted by atomic mass is 10.3. The second-order valence-electron chi connectivity index (χ2n) is 4.16. The van der Waals surface area contributed by atoms with E-state index in [2.05, 4.69) is 42.5 Å². The van der Waals surface area contributed by atoms with Crippen LogP contribution in [-0.2, 0) is 4.79 Å². The van der Waals surface area contributed by atoms with Gasteiger partial charge >= 0.3 is 0 Å². The van der Waals surface area contributed by atoms with Crippen LogP contribution in [0, 0.1) is 11.6 Å². The average Bonchev–Trinajstić information content (AvgIpc) is 2.41. The first kappa shape index (κ1) is 15.9. The molecule has 0 saturated carbocycles. The summed E-state index contributed by atoms with van der Waals surface area (Å²) < 4.78 is 27.7. The van der Waals surface area contributed by atoms with Crippen molar-refractivity contribution < 1.29 is 13.6 Å². The van der Waals surface area contributed by atoms with Crippen LogP contribution in [0.3, 0.4) is 0 Å². The molecule has 0 aromatic heterocycles. The Kier molecular flexibility index (Phi) is 5.30. The average molecular weight is 420 g/mol. The highest BCUT2D eigenvalue weighted by atomic mass is 79.9. The monoisotopic (exact) mass is 418 g/mol. The van der Waals surface area contributed by atoms with Crippen molar-refractivity contribution in [2.75, 3.05) is 17.2 Å². The maximum absolute atomic E-state index is 13.6. The summed E-state index contributed by atoms with van der Waals surface area (Å²) in [6.07, 6.45) is 0. The minimum atomic E-state index is -0.640. The number of amides is 1. The lowest BCUT2D eigenvalue weighted by molar-refractivity contribution is -0.114. The minimum Gasteiger partial charge on any atom is -0.374 e. The molecule has 3 nitrogen and oxygen atoms in total. The molecule has 0 aliphatic rings. The summed E-state index contributed by atoms with van der Waals surface area (Å²) >= 11 is 6.17. The van der Waals surface area contributed by atoms with Gasteiger partial charge in [-0.3, -0.25) is 4.79 Å². The van der Waals surface area contributed by atoms with E-state index < -0.39 is 11.6 Å². The van der Waals surface area contributed by atoms with Gasteiger partial charge in [0.25, 0.3) is 0 Å². The van der Waals surface area contributed by atoms with Crippen molar-refractivity contribution in [1.29, 1.82) is 0 Å². The van der Waals surface area contributed by atoms with Gasteiger partial charge in [-0.25, -0.2) is 8.78 Å². The number of hydrogen-bond acceptors (Lipinski definition) is 2. The molecule has 0 aliphatic carbocycles. The Bertz CT molecular complexity index is 680. The Morgan fingerprint density at radius 3 is 2.57 bits per heavy atom. The van der Waals surface area contributed by atoms with Gasteiger partial charge in [-0.15, -0.1) is 0 Å². The highest BCUT2D eigenvalue weighted by Crippen LogP contribution is 2.23. The third-order valence-corrected chi connectivity index (χ3v) is 3.66. The maximum atomic E-state index is 13.6. The molecule has 2 aromatic rings. The van der Waals surface area contributed by atoms with Gasteiger partial charge in [0.15, 0.2) is 0 Å². The molecule has 2 N–H and O–H groups in total. The summed E-state index contributed by atoms with van der Waals surface area (Å²) in [6, 6.07) is 9.06. The van der Waals surface area contributed by atoms with E-state index >= 15 is 0 Å². The summed E-state index contributed by atoms with van der Waals surface area (Å²) in [5, 5.41) is 5.20. The van der Waals surface area contributed by atoms with E-state index in [1.165, 1.54) is 0 Å². The molecule has 21 heavy (non-hydrogen) atoms. The lowest BCUT2D eigenvalue weighted by Crippen LogP contribution is -2.22. The molecular formula is C14H10Br2F2N2O.